The molecule has 0 aliphatic carbocycles. The van der Waals surface area contributed by atoms with Crippen LogP contribution in [-0.4, -0.2) is 64.6 Å². The second kappa shape index (κ2) is 8.26. The predicted octanol–water partition coefficient (Wildman–Crippen LogP) is 0.862. The van der Waals surface area contributed by atoms with E-state index in [-0.39, 0.29) is 34.2 Å². The lowest BCUT2D eigenvalue weighted by Gasteiger charge is -2.31. The van der Waals surface area contributed by atoms with Gasteiger partial charge in [-0.15, -0.1) is 0 Å². The van der Waals surface area contributed by atoms with E-state index >= 15 is 0 Å². The van der Waals surface area contributed by atoms with Crippen molar-refractivity contribution in [3.8, 4) is 0 Å². The summed E-state index contributed by atoms with van der Waals surface area (Å²) in [6.07, 6.45) is 1.24. The van der Waals surface area contributed by atoms with E-state index in [1.54, 1.807) is 0 Å². The fourth-order valence-corrected chi connectivity index (χ4v) is 5.35. The number of carbonyl (C=O) groups excluding carboxylic acids is 1. The maximum Gasteiger partial charge on any atom is 0.243 e. The maximum absolute atomic E-state index is 12.9. The highest BCUT2D eigenvalue weighted by molar-refractivity contribution is 7.89. The first kappa shape index (κ1) is 21.8. The lowest BCUT2D eigenvalue weighted by molar-refractivity contribution is -0.126. The summed E-state index contributed by atoms with van der Waals surface area (Å²) in [7, 11) is -4.59. The standard InChI is InChI=1S/C17H27N3O5S2/c1-13(2)18-17(21)14-6-5-11-20(12-14)27(24,25)16-9-7-15(8-10-16)26(22,23)19(3)4/h7-10,13-14H,5-6,11-12H2,1-4H3,(H,18,21). The Labute approximate surface area is 161 Å². The number of hydrogen-bond donors (Lipinski definition) is 1. The van der Waals surface area contributed by atoms with Crippen LogP contribution in [0.25, 0.3) is 0 Å². The summed E-state index contributed by atoms with van der Waals surface area (Å²) in [4.78, 5) is 12.3. The summed E-state index contributed by atoms with van der Waals surface area (Å²) in [5, 5.41) is 2.83. The first-order valence-electron chi connectivity index (χ1n) is 8.79. The zero-order valence-corrected chi connectivity index (χ0v) is 17.7. The molecular weight excluding hydrogens is 390 g/mol. The molecule has 1 aliphatic rings. The van der Waals surface area contributed by atoms with E-state index in [2.05, 4.69) is 5.32 Å². The average molecular weight is 418 g/mol. The third-order valence-corrected chi connectivity index (χ3v) is 8.13. The van der Waals surface area contributed by atoms with Gasteiger partial charge in [0.05, 0.1) is 15.7 Å². The van der Waals surface area contributed by atoms with E-state index < -0.39 is 20.0 Å². The van der Waals surface area contributed by atoms with E-state index in [0.717, 1.165) is 4.31 Å². The number of nitrogens with one attached hydrogen (secondary N) is 1. The SMILES string of the molecule is CC(C)NC(=O)C1CCCN(S(=O)(=O)c2ccc(S(=O)(=O)N(C)C)cc2)C1. The minimum atomic E-state index is -3.79. The molecule has 0 radical (unpaired) electrons. The smallest absolute Gasteiger partial charge is 0.243 e. The van der Waals surface area contributed by atoms with Gasteiger partial charge in [-0.2, -0.15) is 4.31 Å². The van der Waals surface area contributed by atoms with Crippen LogP contribution >= 0.6 is 0 Å². The molecule has 10 heteroatoms. The van der Waals surface area contributed by atoms with Crippen molar-refractivity contribution in [3.05, 3.63) is 24.3 Å². The Kier molecular flexibility index (Phi) is 6.67. The molecule has 1 aromatic carbocycles. The first-order chi connectivity index (χ1) is 12.5. The number of sulfonamides is 2. The monoisotopic (exact) mass is 417 g/mol. The van der Waals surface area contributed by atoms with Gasteiger partial charge >= 0.3 is 0 Å². The second-order valence-electron chi connectivity index (χ2n) is 7.12. The highest BCUT2D eigenvalue weighted by atomic mass is 32.2. The van der Waals surface area contributed by atoms with Gasteiger partial charge in [0.2, 0.25) is 26.0 Å². The molecule has 27 heavy (non-hydrogen) atoms. The zero-order chi connectivity index (χ0) is 20.4. The molecule has 0 aromatic heterocycles. The van der Waals surface area contributed by atoms with Crippen LogP contribution in [0.1, 0.15) is 26.7 Å². The van der Waals surface area contributed by atoms with E-state index in [1.165, 1.54) is 42.7 Å². The van der Waals surface area contributed by atoms with Crippen molar-refractivity contribution in [2.75, 3.05) is 27.2 Å². The highest BCUT2D eigenvalue weighted by Crippen LogP contribution is 2.25. The van der Waals surface area contributed by atoms with Gasteiger partial charge in [0.15, 0.2) is 0 Å². The Hall–Kier alpha value is -1.49. The van der Waals surface area contributed by atoms with E-state index in [0.29, 0.717) is 19.4 Å². The van der Waals surface area contributed by atoms with Gasteiger partial charge in [0.1, 0.15) is 0 Å². The van der Waals surface area contributed by atoms with Crippen LogP contribution in [0.4, 0.5) is 0 Å². The Balaban J connectivity index is 2.21. The summed E-state index contributed by atoms with van der Waals surface area (Å²) < 4.78 is 52.4. The number of amides is 1. The molecular formula is C17H27N3O5S2. The number of rotatable bonds is 6. The summed E-state index contributed by atoms with van der Waals surface area (Å²) in [5.41, 5.74) is 0. The van der Waals surface area contributed by atoms with Gasteiger partial charge in [0.25, 0.3) is 0 Å². The van der Waals surface area contributed by atoms with Gasteiger partial charge in [-0.25, -0.2) is 21.1 Å². The average Bonchev–Trinajstić information content (AvgIpc) is 2.61. The molecule has 0 bridgehead atoms. The molecule has 1 aliphatic heterocycles. The van der Waals surface area contributed by atoms with Crippen molar-refractivity contribution in [1.29, 1.82) is 0 Å². The largest absolute Gasteiger partial charge is 0.354 e. The maximum atomic E-state index is 12.9. The third kappa shape index (κ3) is 4.87. The van der Waals surface area contributed by atoms with Crippen molar-refractivity contribution in [2.45, 2.75) is 42.5 Å². The number of carbonyl (C=O) groups is 1. The van der Waals surface area contributed by atoms with Crippen molar-refractivity contribution in [2.24, 2.45) is 5.92 Å². The topological polar surface area (TPSA) is 104 Å². The molecule has 1 heterocycles. The fraction of sp³-hybridized carbons (Fsp3) is 0.588. The highest BCUT2D eigenvalue weighted by Gasteiger charge is 2.33. The van der Waals surface area contributed by atoms with E-state index in [4.69, 9.17) is 0 Å². The number of benzene rings is 1. The van der Waals surface area contributed by atoms with Crippen molar-refractivity contribution in [3.63, 3.8) is 0 Å². The van der Waals surface area contributed by atoms with Gasteiger partial charge in [-0.05, 0) is 51.0 Å². The molecule has 0 spiro atoms. The first-order valence-corrected chi connectivity index (χ1v) is 11.7. The molecule has 1 saturated heterocycles. The molecule has 1 fully saturated rings. The van der Waals surface area contributed by atoms with Crippen LogP contribution in [0, 0.1) is 5.92 Å². The molecule has 8 nitrogen and oxygen atoms in total. The second-order valence-corrected chi connectivity index (χ2v) is 11.2. The number of hydrogen-bond acceptors (Lipinski definition) is 5. The lowest BCUT2D eigenvalue weighted by atomic mass is 9.98. The van der Waals surface area contributed by atoms with Gasteiger partial charge in [-0.1, -0.05) is 0 Å². The molecule has 1 aromatic rings. The van der Waals surface area contributed by atoms with Crippen molar-refractivity contribution in [1.82, 2.24) is 13.9 Å². The summed E-state index contributed by atoms with van der Waals surface area (Å²) in [5.74, 6) is -0.526. The number of piperidine rings is 1. The van der Waals surface area contributed by atoms with Crippen LogP contribution in [0.5, 0.6) is 0 Å². The van der Waals surface area contributed by atoms with Crippen LogP contribution in [-0.2, 0) is 24.8 Å². The summed E-state index contributed by atoms with van der Waals surface area (Å²) >= 11 is 0. The van der Waals surface area contributed by atoms with Crippen LogP contribution in [0.2, 0.25) is 0 Å². The molecule has 1 atom stereocenters. The van der Waals surface area contributed by atoms with Crippen molar-refractivity contribution >= 4 is 26.0 Å². The molecule has 2 rings (SSSR count). The lowest BCUT2D eigenvalue weighted by Crippen LogP contribution is -2.46. The molecule has 1 amide bonds. The predicted molar refractivity (Wildman–Crippen MR) is 102 cm³/mol. The Morgan fingerprint density at radius 2 is 1.67 bits per heavy atom. The van der Waals surface area contributed by atoms with Crippen molar-refractivity contribution < 1.29 is 21.6 Å². The summed E-state index contributed by atoms with van der Waals surface area (Å²) in [6, 6.07) is 5.16. The van der Waals surface area contributed by atoms with Gasteiger partial charge < -0.3 is 5.32 Å². The van der Waals surface area contributed by atoms with Crippen LogP contribution in [0.15, 0.2) is 34.1 Å². The minimum absolute atomic E-state index is 0.00401. The fourth-order valence-electron chi connectivity index (χ4n) is 2.92. The molecule has 152 valence electrons. The zero-order valence-electron chi connectivity index (χ0n) is 16.0. The summed E-state index contributed by atoms with van der Waals surface area (Å²) in [6.45, 7) is 4.18. The van der Waals surface area contributed by atoms with Gasteiger partial charge in [0, 0.05) is 33.2 Å². The van der Waals surface area contributed by atoms with E-state index in [9.17, 15) is 21.6 Å². The number of nitrogens with zero attached hydrogens (tertiary/aromatic N) is 2. The third-order valence-electron chi connectivity index (χ3n) is 4.43. The quantitative estimate of drug-likeness (QED) is 0.739. The Morgan fingerprint density at radius 1 is 1.11 bits per heavy atom. The Morgan fingerprint density at radius 3 is 2.19 bits per heavy atom. The van der Waals surface area contributed by atoms with Gasteiger partial charge in [-0.3, -0.25) is 4.79 Å². The minimum Gasteiger partial charge on any atom is -0.354 e. The van der Waals surface area contributed by atoms with Crippen LogP contribution < -0.4 is 5.32 Å². The van der Waals surface area contributed by atoms with E-state index in [1.807, 2.05) is 13.8 Å². The molecule has 1 N–H and O–H groups in total. The molecule has 0 saturated carbocycles. The molecule has 1 unspecified atom stereocenters. The van der Waals surface area contributed by atoms with Crippen LogP contribution in [0.3, 0.4) is 0 Å². The normalized spacial score (nSPS) is 19.4. The Bertz CT molecular complexity index is 878.